The molecule has 1 amide bonds. The number of nitrogens with zero attached hydrogens (tertiary/aromatic N) is 1. The number of hydrogen-bond acceptors (Lipinski definition) is 2. The minimum absolute atomic E-state index is 0.0194. The van der Waals surface area contributed by atoms with E-state index in [0.29, 0.717) is 12.5 Å². The van der Waals surface area contributed by atoms with Crippen LogP contribution in [-0.2, 0) is 4.79 Å². The number of rotatable bonds is 2. The second kappa shape index (κ2) is 3.29. The van der Waals surface area contributed by atoms with Crippen LogP contribution in [0.1, 0.15) is 40.5 Å². The van der Waals surface area contributed by atoms with Crippen LogP contribution < -0.4 is 5.73 Å². The fourth-order valence-electron chi connectivity index (χ4n) is 2.03. The summed E-state index contributed by atoms with van der Waals surface area (Å²) in [7, 11) is 0. The van der Waals surface area contributed by atoms with Crippen molar-refractivity contribution in [2.45, 2.75) is 58.2 Å². The van der Waals surface area contributed by atoms with Crippen molar-refractivity contribution >= 4 is 5.91 Å². The predicted molar refractivity (Wildman–Crippen MR) is 53.3 cm³/mol. The van der Waals surface area contributed by atoms with Crippen LogP contribution in [0.25, 0.3) is 0 Å². The largest absolute Gasteiger partial charge is 0.333 e. The van der Waals surface area contributed by atoms with Crippen molar-refractivity contribution in [3.05, 3.63) is 0 Å². The molecule has 1 rings (SSSR count). The molecule has 1 aliphatic heterocycles. The third-order valence-electron chi connectivity index (χ3n) is 3.22. The molecule has 0 radical (unpaired) electrons. The molecule has 0 aliphatic carbocycles. The molecule has 13 heavy (non-hydrogen) atoms. The fraction of sp³-hybridized carbons (Fsp3) is 0.900. The zero-order chi connectivity index (χ0) is 10.2. The highest BCUT2D eigenvalue weighted by Crippen LogP contribution is 2.31. The molecule has 1 fully saturated rings. The first-order valence-corrected chi connectivity index (χ1v) is 4.99. The van der Waals surface area contributed by atoms with Gasteiger partial charge in [0.15, 0.2) is 0 Å². The van der Waals surface area contributed by atoms with E-state index < -0.39 is 0 Å². The Bertz CT molecular complexity index is 213. The maximum Gasteiger partial charge on any atom is 0.224 e. The lowest BCUT2D eigenvalue weighted by molar-refractivity contribution is -0.132. The number of amides is 1. The van der Waals surface area contributed by atoms with Gasteiger partial charge in [0, 0.05) is 18.5 Å². The van der Waals surface area contributed by atoms with E-state index in [4.69, 9.17) is 5.73 Å². The summed E-state index contributed by atoms with van der Waals surface area (Å²) in [6.45, 7) is 8.28. The highest BCUT2D eigenvalue weighted by atomic mass is 16.2. The van der Waals surface area contributed by atoms with Gasteiger partial charge in [-0.05, 0) is 27.2 Å². The molecule has 0 saturated carbocycles. The molecule has 0 aromatic heterocycles. The third kappa shape index (κ3) is 1.57. The molecule has 1 aliphatic rings. The molecule has 1 saturated heterocycles. The lowest BCUT2D eigenvalue weighted by Crippen LogP contribution is -2.52. The van der Waals surface area contributed by atoms with Crippen molar-refractivity contribution in [2.24, 2.45) is 5.73 Å². The van der Waals surface area contributed by atoms with E-state index in [1.807, 2.05) is 4.90 Å². The Morgan fingerprint density at radius 3 is 2.54 bits per heavy atom. The van der Waals surface area contributed by atoms with E-state index in [1.165, 1.54) is 0 Å². The van der Waals surface area contributed by atoms with Crippen LogP contribution in [0, 0.1) is 0 Å². The Morgan fingerprint density at radius 2 is 2.23 bits per heavy atom. The second-order valence-electron chi connectivity index (χ2n) is 4.49. The van der Waals surface area contributed by atoms with Gasteiger partial charge in [0.2, 0.25) is 5.91 Å². The summed E-state index contributed by atoms with van der Waals surface area (Å²) in [5, 5.41) is 0. The zero-order valence-electron chi connectivity index (χ0n) is 9.00. The molecule has 0 bridgehead atoms. The smallest absolute Gasteiger partial charge is 0.224 e. The monoisotopic (exact) mass is 184 g/mol. The van der Waals surface area contributed by atoms with E-state index in [9.17, 15) is 4.79 Å². The van der Waals surface area contributed by atoms with Crippen LogP contribution in [0.4, 0.5) is 0 Å². The Morgan fingerprint density at radius 1 is 1.69 bits per heavy atom. The summed E-state index contributed by atoms with van der Waals surface area (Å²) < 4.78 is 0. The molecule has 76 valence electrons. The molecule has 2 unspecified atom stereocenters. The number of carbonyl (C=O) groups excluding carboxylic acids is 1. The minimum Gasteiger partial charge on any atom is -0.333 e. The van der Waals surface area contributed by atoms with Gasteiger partial charge in [0.05, 0.1) is 5.54 Å². The molecule has 0 aromatic rings. The first-order chi connectivity index (χ1) is 5.91. The third-order valence-corrected chi connectivity index (χ3v) is 3.22. The fourth-order valence-corrected chi connectivity index (χ4v) is 2.03. The van der Waals surface area contributed by atoms with Crippen molar-refractivity contribution in [3.8, 4) is 0 Å². The quantitative estimate of drug-likeness (QED) is 0.699. The highest BCUT2D eigenvalue weighted by Gasteiger charge is 2.45. The molecule has 3 heteroatoms. The van der Waals surface area contributed by atoms with Gasteiger partial charge in [0.25, 0.3) is 0 Å². The van der Waals surface area contributed by atoms with E-state index in [-0.39, 0.29) is 17.5 Å². The van der Waals surface area contributed by atoms with E-state index in [2.05, 4.69) is 27.7 Å². The van der Waals surface area contributed by atoms with Gasteiger partial charge < -0.3 is 10.6 Å². The summed E-state index contributed by atoms with van der Waals surface area (Å²) in [5.74, 6) is 0.201. The van der Waals surface area contributed by atoms with Gasteiger partial charge in [-0.2, -0.15) is 0 Å². The van der Waals surface area contributed by atoms with Crippen molar-refractivity contribution in [3.63, 3.8) is 0 Å². The molecular weight excluding hydrogens is 164 g/mol. The molecule has 0 aromatic carbocycles. The molecule has 3 nitrogen and oxygen atoms in total. The average molecular weight is 184 g/mol. The average Bonchev–Trinajstić information content (AvgIpc) is 2.21. The van der Waals surface area contributed by atoms with E-state index in [1.54, 1.807) is 0 Å². The summed E-state index contributed by atoms with van der Waals surface area (Å²) in [4.78, 5) is 13.6. The van der Waals surface area contributed by atoms with E-state index >= 15 is 0 Å². The van der Waals surface area contributed by atoms with E-state index in [0.717, 1.165) is 6.42 Å². The van der Waals surface area contributed by atoms with Crippen LogP contribution in [0.5, 0.6) is 0 Å². The SMILES string of the molecule is CCC(C)N1C(=O)CC(N)C1(C)C. The normalized spacial score (nSPS) is 29.5. The molecule has 1 heterocycles. The molecule has 2 N–H and O–H groups in total. The summed E-state index contributed by atoms with van der Waals surface area (Å²) in [6.07, 6.45) is 1.49. The van der Waals surface area contributed by atoms with Crippen LogP contribution in [-0.4, -0.2) is 28.4 Å². The molecule has 2 atom stereocenters. The summed E-state index contributed by atoms with van der Waals surface area (Å²) in [6, 6.07) is 0.282. The predicted octanol–water partition coefficient (Wildman–Crippen LogP) is 1.12. The number of hydrogen-bond donors (Lipinski definition) is 1. The van der Waals surface area contributed by atoms with Gasteiger partial charge in [0.1, 0.15) is 0 Å². The van der Waals surface area contributed by atoms with Crippen LogP contribution in [0.15, 0.2) is 0 Å². The topological polar surface area (TPSA) is 46.3 Å². The molecular formula is C10H20N2O. The number of likely N-dealkylation sites (tertiary alicyclic amines) is 1. The van der Waals surface area contributed by atoms with Gasteiger partial charge in [-0.1, -0.05) is 6.92 Å². The zero-order valence-corrected chi connectivity index (χ0v) is 9.00. The van der Waals surface area contributed by atoms with Crippen molar-refractivity contribution in [1.29, 1.82) is 0 Å². The highest BCUT2D eigenvalue weighted by molar-refractivity contribution is 5.81. The first-order valence-electron chi connectivity index (χ1n) is 4.99. The van der Waals surface area contributed by atoms with Gasteiger partial charge in [-0.15, -0.1) is 0 Å². The Balaban J connectivity index is 2.88. The van der Waals surface area contributed by atoms with Gasteiger partial charge in [-0.25, -0.2) is 0 Å². The Labute approximate surface area is 80.3 Å². The van der Waals surface area contributed by atoms with Crippen molar-refractivity contribution < 1.29 is 4.79 Å². The van der Waals surface area contributed by atoms with Crippen LogP contribution in [0.3, 0.4) is 0 Å². The lowest BCUT2D eigenvalue weighted by atomic mass is 9.95. The first kappa shape index (κ1) is 10.5. The van der Waals surface area contributed by atoms with Gasteiger partial charge >= 0.3 is 0 Å². The van der Waals surface area contributed by atoms with Crippen LogP contribution >= 0.6 is 0 Å². The molecule has 0 spiro atoms. The van der Waals surface area contributed by atoms with Crippen LogP contribution in [0.2, 0.25) is 0 Å². The van der Waals surface area contributed by atoms with Crippen molar-refractivity contribution in [1.82, 2.24) is 4.90 Å². The maximum absolute atomic E-state index is 11.6. The Kier molecular flexibility index (Phi) is 2.66. The maximum atomic E-state index is 11.6. The summed E-state index contributed by atoms with van der Waals surface area (Å²) >= 11 is 0. The second-order valence-corrected chi connectivity index (χ2v) is 4.49. The standard InChI is InChI=1S/C10H20N2O/c1-5-7(2)12-9(13)6-8(11)10(12,3)4/h7-8H,5-6,11H2,1-4H3. The van der Waals surface area contributed by atoms with Crippen molar-refractivity contribution in [2.75, 3.05) is 0 Å². The lowest BCUT2D eigenvalue weighted by Gasteiger charge is -2.38. The van der Waals surface area contributed by atoms with Gasteiger partial charge in [-0.3, -0.25) is 4.79 Å². The number of nitrogens with two attached hydrogens (primary N) is 1. The minimum atomic E-state index is -0.174. The Hall–Kier alpha value is -0.570. The summed E-state index contributed by atoms with van der Waals surface area (Å²) in [5.41, 5.74) is 5.75. The number of carbonyl (C=O) groups is 1.